The van der Waals surface area contributed by atoms with Crippen LogP contribution in [-0.2, 0) is 5.75 Å². The maximum atomic E-state index is 5.89. The van der Waals surface area contributed by atoms with Crippen LogP contribution < -0.4 is 0 Å². The van der Waals surface area contributed by atoms with Crippen LogP contribution in [0.3, 0.4) is 0 Å². The number of thioether (sulfide) groups is 1. The lowest BCUT2D eigenvalue weighted by Crippen LogP contribution is -1.82. The summed E-state index contributed by atoms with van der Waals surface area (Å²) in [6, 6.07) is 17.1. The largest absolute Gasteiger partial charge is 0.420 e. The fourth-order valence-electron chi connectivity index (χ4n) is 2.18. The van der Waals surface area contributed by atoms with E-state index in [1.807, 2.05) is 54.6 Å². The van der Waals surface area contributed by atoms with Gasteiger partial charge in [-0.1, -0.05) is 41.6 Å². The Kier molecular flexibility index (Phi) is 4.49. The smallest absolute Gasteiger partial charge is 0.247 e. The number of halogens is 1. The van der Waals surface area contributed by atoms with Crippen LogP contribution in [0.5, 0.6) is 0 Å². The zero-order chi connectivity index (χ0) is 17.1. The Morgan fingerprint density at radius 2 is 1.76 bits per heavy atom. The Labute approximate surface area is 152 Å². The van der Waals surface area contributed by atoms with Gasteiger partial charge in [0.05, 0.1) is 5.75 Å². The highest BCUT2D eigenvalue weighted by Crippen LogP contribution is 2.24. The van der Waals surface area contributed by atoms with Crippen molar-refractivity contribution in [2.24, 2.45) is 0 Å². The number of H-pyrrole nitrogens is 1. The molecule has 0 fully saturated rings. The van der Waals surface area contributed by atoms with Crippen LogP contribution >= 0.6 is 23.4 Å². The van der Waals surface area contributed by atoms with E-state index in [1.54, 1.807) is 0 Å². The van der Waals surface area contributed by atoms with Crippen molar-refractivity contribution in [1.82, 2.24) is 25.4 Å². The number of rotatable bonds is 5. The lowest BCUT2D eigenvalue weighted by Gasteiger charge is -1.95. The minimum Gasteiger partial charge on any atom is -0.420 e. The maximum absolute atomic E-state index is 5.89. The van der Waals surface area contributed by atoms with Gasteiger partial charge >= 0.3 is 0 Å². The molecule has 0 radical (unpaired) electrons. The Bertz CT molecular complexity index is 968. The SMILES string of the molecule is Clc1ccc(-c2nc(SCc3nnc(-c4ccccc4)o3)n[nH]2)cc1. The monoisotopic (exact) mass is 369 g/mol. The standard InChI is InChI=1S/C17H12ClN5OS/c18-13-8-6-11(7-9-13)15-19-17(23-21-15)25-10-14-20-22-16(24-14)12-4-2-1-3-5-12/h1-9H,10H2,(H,19,21,23). The fourth-order valence-corrected chi connectivity index (χ4v) is 2.94. The Morgan fingerprint density at radius 3 is 2.56 bits per heavy atom. The average Bonchev–Trinajstić information content (AvgIpc) is 3.31. The molecule has 4 aromatic rings. The zero-order valence-corrected chi connectivity index (χ0v) is 14.5. The summed E-state index contributed by atoms with van der Waals surface area (Å²) in [6.45, 7) is 0. The molecular formula is C17H12ClN5OS. The van der Waals surface area contributed by atoms with E-state index >= 15 is 0 Å². The molecule has 0 aliphatic carbocycles. The topological polar surface area (TPSA) is 80.5 Å². The van der Waals surface area contributed by atoms with E-state index in [-0.39, 0.29) is 0 Å². The number of hydrogen-bond acceptors (Lipinski definition) is 6. The third kappa shape index (κ3) is 3.72. The molecule has 1 N–H and O–H groups in total. The van der Waals surface area contributed by atoms with Crippen molar-refractivity contribution in [2.45, 2.75) is 10.9 Å². The Balaban J connectivity index is 1.42. The second-order valence-corrected chi connectivity index (χ2v) is 6.51. The number of hydrogen-bond donors (Lipinski definition) is 1. The van der Waals surface area contributed by atoms with Gasteiger partial charge in [0.15, 0.2) is 5.82 Å². The lowest BCUT2D eigenvalue weighted by molar-refractivity contribution is 0.528. The maximum Gasteiger partial charge on any atom is 0.247 e. The second-order valence-electron chi connectivity index (χ2n) is 5.13. The number of nitrogens with zero attached hydrogens (tertiary/aromatic N) is 4. The van der Waals surface area contributed by atoms with Crippen molar-refractivity contribution in [3.8, 4) is 22.8 Å². The van der Waals surface area contributed by atoms with Crippen LogP contribution in [0.15, 0.2) is 64.2 Å². The van der Waals surface area contributed by atoms with Crippen molar-refractivity contribution in [1.29, 1.82) is 0 Å². The molecule has 6 nitrogen and oxygen atoms in total. The summed E-state index contributed by atoms with van der Waals surface area (Å²) in [4.78, 5) is 4.45. The van der Waals surface area contributed by atoms with E-state index in [4.69, 9.17) is 16.0 Å². The third-order valence-corrected chi connectivity index (χ3v) is 4.48. The van der Waals surface area contributed by atoms with E-state index in [9.17, 15) is 0 Å². The van der Waals surface area contributed by atoms with E-state index in [0.29, 0.717) is 33.5 Å². The zero-order valence-electron chi connectivity index (χ0n) is 12.9. The summed E-state index contributed by atoms with van der Waals surface area (Å²) in [6.07, 6.45) is 0. The van der Waals surface area contributed by atoms with Crippen molar-refractivity contribution in [3.63, 3.8) is 0 Å². The number of nitrogens with one attached hydrogen (secondary N) is 1. The quantitative estimate of drug-likeness (QED) is 0.523. The van der Waals surface area contributed by atoms with Crippen molar-refractivity contribution >= 4 is 23.4 Å². The number of benzene rings is 2. The van der Waals surface area contributed by atoms with Crippen LogP contribution in [0.2, 0.25) is 5.02 Å². The van der Waals surface area contributed by atoms with Gasteiger partial charge in [-0.25, -0.2) is 4.98 Å². The van der Waals surface area contributed by atoms with Gasteiger partial charge in [0.25, 0.3) is 0 Å². The summed E-state index contributed by atoms with van der Waals surface area (Å²) >= 11 is 7.32. The first-order valence-electron chi connectivity index (χ1n) is 7.47. The average molecular weight is 370 g/mol. The van der Waals surface area contributed by atoms with E-state index in [2.05, 4.69) is 25.4 Å². The molecule has 0 aliphatic heterocycles. The van der Waals surface area contributed by atoms with Crippen LogP contribution in [0, 0.1) is 0 Å². The number of aromatic nitrogens is 5. The van der Waals surface area contributed by atoms with E-state index < -0.39 is 0 Å². The van der Waals surface area contributed by atoms with E-state index in [1.165, 1.54) is 11.8 Å². The summed E-state index contributed by atoms with van der Waals surface area (Å²) in [5.74, 6) is 2.22. The molecule has 0 amide bonds. The van der Waals surface area contributed by atoms with Gasteiger partial charge in [0.2, 0.25) is 16.9 Å². The first kappa shape index (κ1) is 15.9. The molecule has 0 saturated heterocycles. The molecule has 0 spiro atoms. The molecule has 2 aromatic heterocycles. The van der Waals surface area contributed by atoms with Gasteiger partial charge in [-0.3, -0.25) is 5.10 Å². The predicted molar refractivity (Wildman–Crippen MR) is 96.1 cm³/mol. The van der Waals surface area contributed by atoms with Crippen LogP contribution in [0.1, 0.15) is 5.89 Å². The highest BCUT2D eigenvalue weighted by Gasteiger charge is 2.11. The molecule has 0 aliphatic rings. The second kappa shape index (κ2) is 7.08. The minimum absolute atomic E-state index is 0.498. The molecule has 8 heteroatoms. The highest BCUT2D eigenvalue weighted by molar-refractivity contribution is 7.98. The lowest BCUT2D eigenvalue weighted by atomic mass is 10.2. The van der Waals surface area contributed by atoms with Gasteiger partial charge in [0, 0.05) is 16.1 Å². The normalized spacial score (nSPS) is 10.9. The molecule has 0 atom stereocenters. The summed E-state index contributed by atoms with van der Waals surface area (Å²) < 4.78 is 5.67. The molecule has 2 aromatic carbocycles. The van der Waals surface area contributed by atoms with Crippen LogP contribution in [0.25, 0.3) is 22.8 Å². The Hall–Kier alpha value is -2.64. The highest BCUT2D eigenvalue weighted by atomic mass is 35.5. The third-order valence-electron chi connectivity index (χ3n) is 3.39. The van der Waals surface area contributed by atoms with E-state index in [0.717, 1.165) is 11.1 Å². The molecule has 2 heterocycles. The van der Waals surface area contributed by atoms with Crippen LogP contribution in [-0.4, -0.2) is 25.4 Å². The molecule has 0 unspecified atom stereocenters. The molecule has 4 rings (SSSR count). The molecule has 0 bridgehead atoms. The molecule has 124 valence electrons. The fraction of sp³-hybridized carbons (Fsp3) is 0.0588. The van der Waals surface area contributed by atoms with Gasteiger partial charge in [-0.05, 0) is 36.4 Å². The van der Waals surface area contributed by atoms with Crippen molar-refractivity contribution in [2.75, 3.05) is 0 Å². The molecule has 0 saturated carbocycles. The van der Waals surface area contributed by atoms with Gasteiger partial charge in [0.1, 0.15) is 0 Å². The predicted octanol–water partition coefficient (Wildman–Crippen LogP) is 4.47. The first-order chi connectivity index (χ1) is 12.3. The molecule has 25 heavy (non-hydrogen) atoms. The van der Waals surface area contributed by atoms with Gasteiger partial charge < -0.3 is 4.42 Å². The Morgan fingerprint density at radius 1 is 0.960 bits per heavy atom. The first-order valence-corrected chi connectivity index (χ1v) is 8.83. The van der Waals surface area contributed by atoms with Crippen LogP contribution in [0.4, 0.5) is 0 Å². The van der Waals surface area contributed by atoms with Crippen molar-refractivity contribution in [3.05, 3.63) is 65.5 Å². The number of aromatic amines is 1. The molecular weight excluding hydrogens is 358 g/mol. The van der Waals surface area contributed by atoms with Crippen molar-refractivity contribution < 1.29 is 4.42 Å². The summed E-state index contributed by atoms with van der Waals surface area (Å²) in [7, 11) is 0. The van der Waals surface area contributed by atoms with Gasteiger partial charge in [-0.2, -0.15) is 0 Å². The van der Waals surface area contributed by atoms with Gasteiger partial charge in [-0.15, -0.1) is 15.3 Å². The minimum atomic E-state index is 0.498. The summed E-state index contributed by atoms with van der Waals surface area (Å²) in [5, 5.41) is 16.5. The summed E-state index contributed by atoms with van der Waals surface area (Å²) in [5.41, 5.74) is 1.82.